The van der Waals surface area contributed by atoms with Crippen LogP contribution < -0.4 is 0 Å². The van der Waals surface area contributed by atoms with Gasteiger partial charge in [0.25, 0.3) is 0 Å². The second-order valence-electron chi connectivity index (χ2n) is 6.84. The molecule has 3 fully saturated rings. The van der Waals surface area contributed by atoms with Crippen LogP contribution in [0, 0.1) is 0 Å². The van der Waals surface area contributed by atoms with E-state index in [4.69, 9.17) is 25.1 Å². The highest BCUT2D eigenvalue weighted by Gasteiger charge is 2.56. The number of ether oxygens (including phenoxy) is 5. The normalized spacial score (nSPS) is 55.4. The molecular formula is C15H26O11. The minimum atomic E-state index is -1.71. The van der Waals surface area contributed by atoms with E-state index in [9.17, 15) is 30.6 Å². The summed E-state index contributed by atoms with van der Waals surface area (Å²) in [7, 11) is 0. The minimum Gasteiger partial charge on any atom is -0.394 e. The van der Waals surface area contributed by atoms with Gasteiger partial charge >= 0.3 is 0 Å². The molecular weight excluding hydrogens is 356 g/mol. The van der Waals surface area contributed by atoms with Crippen molar-refractivity contribution in [1.29, 1.82) is 0 Å². The van der Waals surface area contributed by atoms with Gasteiger partial charge in [0.1, 0.15) is 48.8 Å². The maximum atomic E-state index is 10.6. The largest absolute Gasteiger partial charge is 0.394 e. The van der Waals surface area contributed by atoms with E-state index in [1.54, 1.807) is 0 Å². The molecule has 0 aromatic carbocycles. The Morgan fingerprint density at radius 3 is 2.19 bits per heavy atom. The molecule has 0 aromatic rings. The number of rotatable bonds is 4. The zero-order valence-corrected chi connectivity index (χ0v) is 14.1. The van der Waals surface area contributed by atoms with Crippen molar-refractivity contribution in [2.45, 2.75) is 81.0 Å². The Kier molecular flexibility index (Phi) is 5.47. The summed E-state index contributed by atoms with van der Waals surface area (Å²) in [5.41, 5.74) is 0. The van der Waals surface area contributed by atoms with Crippen LogP contribution in [0.3, 0.4) is 0 Å². The van der Waals surface area contributed by atoms with Gasteiger partial charge in [0, 0.05) is 1.37 Å². The van der Waals surface area contributed by atoms with Crippen LogP contribution in [0.15, 0.2) is 0 Å². The fourth-order valence-corrected chi connectivity index (χ4v) is 3.42. The van der Waals surface area contributed by atoms with Gasteiger partial charge in [-0.05, 0) is 13.8 Å². The number of hydrogen-bond donors (Lipinski definition) is 6. The maximum absolute atomic E-state index is 10.6. The van der Waals surface area contributed by atoms with E-state index in [1.807, 2.05) is 0 Å². The molecule has 0 saturated carbocycles. The molecule has 0 bridgehead atoms. The van der Waals surface area contributed by atoms with Crippen molar-refractivity contribution in [2.24, 2.45) is 0 Å². The van der Waals surface area contributed by atoms with Crippen molar-refractivity contribution in [2.75, 3.05) is 13.2 Å². The Balaban J connectivity index is 1.76. The van der Waals surface area contributed by atoms with Gasteiger partial charge in [-0.2, -0.15) is 0 Å². The van der Waals surface area contributed by atoms with Gasteiger partial charge in [0.15, 0.2) is 18.4 Å². The van der Waals surface area contributed by atoms with Gasteiger partial charge in [-0.3, -0.25) is 0 Å². The van der Waals surface area contributed by atoms with Crippen LogP contribution >= 0.6 is 0 Å². The topological polar surface area (TPSA) is 168 Å². The summed E-state index contributed by atoms with van der Waals surface area (Å²) >= 11 is 0. The fourth-order valence-electron chi connectivity index (χ4n) is 3.42. The van der Waals surface area contributed by atoms with Gasteiger partial charge in [0.05, 0.1) is 13.2 Å². The van der Waals surface area contributed by atoms with Crippen molar-refractivity contribution >= 4 is 0 Å². The van der Waals surface area contributed by atoms with Gasteiger partial charge < -0.3 is 54.3 Å². The zero-order chi connectivity index (χ0) is 19.9. The second-order valence-corrected chi connectivity index (χ2v) is 6.84. The molecule has 3 aliphatic rings. The Hall–Kier alpha value is -0.440. The third-order valence-corrected chi connectivity index (χ3v) is 4.70. The average Bonchev–Trinajstić information content (AvgIpc) is 3.02. The van der Waals surface area contributed by atoms with Crippen molar-refractivity contribution in [3.8, 4) is 0 Å². The van der Waals surface area contributed by atoms with Gasteiger partial charge in [-0.25, -0.2) is 0 Å². The monoisotopic (exact) mass is 383 g/mol. The van der Waals surface area contributed by atoms with E-state index in [1.165, 1.54) is 6.92 Å². The molecule has 0 aliphatic carbocycles. The third-order valence-electron chi connectivity index (χ3n) is 4.70. The summed E-state index contributed by atoms with van der Waals surface area (Å²) in [4.78, 5) is 0. The Bertz CT molecular complexity index is 510. The van der Waals surface area contributed by atoms with Gasteiger partial charge in [-0.1, -0.05) is 0 Å². The van der Waals surface area contributed by atoms with Crippen LogP contribution in [0.5, 0.6) is 0 Å². The molecule has 26 heavy (non-hydrogen) atoms. The highest BCUT2D eigenvalue weighted by molar-refractivity contribution is 4.98. The first kappa shape index (κ1) is 18.9. The molecule has 6 N–H and O–H groups in total. The standard InChI is InChI=1S/C15H26O11/c1-15(2)25-11-6(4-17)23-14(9(20)12(11)26-15)24-10-5(3-16)22-13(21)8(19)7(10)18/h5-14,16-21H,3-4H2,1-2H3/t5-,6-,7-,8-,9-,10-,11+,12-,13-,14?/m1/s1/i1D/t5-,6-,7-,8-,9-,10-,11+,12-,13-,14?,15?. The Morgan fingerprint density at radius 1 is 0.923 bits per heavy atom. The van der Waals surface area contributed by atoms with E-state index < -0.39 is 80.4 Å². The van der Waals surface area contributed by atoms with Crippen LogP contribution in [0.2, 0.25) is 0 Å². The number of fused-ring (bicyclic) bond motifs is 1. The minimum absolute atomic E-state index is 0.248. The van der Waals surface area contributed by atoms with E-state index in [0.29, 0.717) is 0 Å². The first-order chi connectivity index (χ1) is 12.7. The highest BCUT2D eigenvalue weighted by atomic mass is 16.8. The molecule has 3 rings (SSSR count). The smallest absolute Gasteiger partial charge is 0.187 e. The molecule has 11 nitrogen and oxygen atoms in total. The fraction of sp³-hybridized carbons (Fsp3) is 1.00. The van der Waals surface area contributed by atoms with Crippen LogP contribution in [0.4, 0.5) is 0 Å². The maximum Gasteiger partial charge on any atom is 0.187 e. The molecule has 152 valence electrons. The Labute approximate surface area is 151 Å². The molecule has 0 spiro atoms. The summed E-state index contributed by atoms with van der Waals surface area (Å²) in [5.74, 6) is -1.29. The quantitative estimate of drug-likeness (QED) is 0.284. The van der Waals surface area contributed by atoms with E-state index in [2.05, 4.69) is 0 Å². The molecule has 3 heterocycles. The van der Waals surface area contributed by atoms with E-state index in [0.717, 1.165) is 0 Å². The first-order valence-electron chi connectivity index (χ1n) is 9.00. The number of hydrogen-bond acceptors (Lipinski definition) is 11. The summed E-state index contributed by atoms with van der Waals surface area (Å²) in [6.07, 6.45) is -13.2. The third kappa shape index (κ3) is 3.62. The lowest BCUT2D eigenvalue weighted by atomic mass is 9.97. The second kappa shape index (κ2) is 7.53. The highest BCUT2D eigenvalue weighted by Crippen LogP contribution is 2.38. The van der Waals surface area contributed by atoms with Gasteiger partial charge in [0.2, 0.25) is 0 Å². The molecule has 2 unspecified atom stereocenters. The lowest BCUT2D eigenvalue weighted by Gasteiger charge is -2.45. The van der Waals surface area contributed by atoms with Crippen molar-refractivity contribution in [3.63, 3.8) is 0 Å². The van der Waals surface area contributed by atoms with E-state index in [-0.39, 0.29) is 6.90 Å². The summed E-state index contributed by atoms with van der Waals surface area (Å²) < 4.78 is 34.8. The average molecular weight is 383 g/mol. The molecule has 11 atom stereocenters. The van der Waals surface area contributed by atoms with Crippen LogP contribution in [-0.4, -0.2) is 111 Å². The van der Waals surface area contributed by atoms with Crippen molar-refractivity contribution in [3.05, 3.63) is 0 Å². The van der Waals surface area contributed by atoms with Crippen LogP contribution in [0.1, 0.15) is 15.2 Å². The molecule has 0 radical (unpaired) electrons. The molecule has 3 saturated heterocycles. The SMILES string of the molecule is [2H]CC1(C)O[C@@H]2[C@H](O1)[C@@H](O)C(O[C@H]1[C@H](O)[C@@H](O)[C@H](O)O[C@@H]1CO)O[C@@H]2CO. The molecule has 0 aromatic heterocycles. The molecule has 11 heteroatoms. The lowest BCUT2D eigenvalue weighted by Crippen LogP contribution is -2.64. The predicted octanol–water partition coefficient (Wildman–Crippen LogP) is -3.60. The van der Waals surface area contributed by atoms with Crippen molar-refractivity contribution in [1.82, 2.24) is 0 Å². The summed E-state index contributed by atoms with van der Waals surface area (Å²) in [5, 5.41) is 59.1. The lowest BCUT2D eigenvalue weighted by molar-refractivity contribution is -0.348. The number of aliphatic hydroxyl groups is 6. The number of aliphatic hydroxyl groups excluding tert-OH is 6. The summed E-state index contributed by atoms with van der Waals surface area (Å²) in [6.45, 7) is 0.149. The molecule has 3 aliphatic heterocycles. The van der Waals surface area contributed by atoms with Crippen LogP contribution in [-0.2, 0) is 23.7 Å². The predicted molar refractivity (Wildman–Crippen MR) is 80.4 cm³/mol. The zero-order valence-electron chi connectivity index (χ0n) is 15.1. The Morgan fingerprint density at radius 2 is 1.58 bits per heavy atom. The first-order valence-corrected chi connectivity index (χ1v) is 8.30. The van der Waals surface area contributed by atoms with Crippen LogP contribution in [0.25, 0.3) is 0 Å². The van der Waals surface area contributed by atoms with Gasteiger partial charge in [-0.15, -0.1) is 0 Å². The summed E-state index contributed by atoms with van der Waals surface area (Å²) in [6, 6.07) is 0. The van der Waals surface area contributed by atoms with E-state index >= 15 is 0 Å². The molecule has 0 amide bonds. The van der Waals surface area contributed by atoms with Crippen molar-refractivity contribution < 1.29 is 55.7 Å².